The summed E-state index contributed by atoms with van der Waals surface area (Å²) in [5, 5.41) is 13.5. The zero-order valence-electron chi connectivity index (χ0n) is 15.6. The summed E-state index contributed by atoms with van der Waals surface area (Å²) in [5.41, 5.74) is -0.514. The van der Waals surface area contributed by atoms with Gasteiger partial charge in [-0.15, -0.1) is 0 Å². The largest absolute Gasteiger partial charge is 0.497 e. The topological polar surface area (TPSA) is 138 Å². The maximum atomic E-state index is 12.8. The molecule has 2 aliphatic heterocycles. The van der Waals surface area contributed by atoms with Crippen molar-refractivity contribution in [1.82, 2.24) is 15.5 Å². The molecule has 1 aromatic heterocycles. The van der Waals surface area contributed by atoms with Crippen molar-refractivity contribution in [2.45, 2.75) is 12.1 Å². The second-order valence-corrected chi connectivity index (χ2v) is 6.72. The Balaban J connectivity index is 1.64. The number of rotatable bonds is 4. The number of carboxylic acids is 1. The number of nitrogens with one attached hydrogen (secondary N) is 2. The van der Waals surface area contributed by atoms with Crippen LogP contribution < -0.4 is 15.4 Å². The standard InChI is InChI=1S/C20H15N3O7/c1-29-13-3-2-11-9-23(16(24)14(11)8-13)10-20(18(27)21-19(28)22-20)7-6-12-4-5-15(30-12)17(25)26/h2-5,8H,9-10H2,1H3,(H,25,26)(H2,21,22,27,28)/t20-/m1/s1. The van der Waals surface area contributed by atoms with Crippen LogP contribution in [0.3, 0.4) is 0 Å². The monoisotopic (exact) mass is 409 g/mol. The van der Waals surface area contributed by atoms with E-state index in [1.54, 1.807) is 18.2 Å². The van der Waals surface area contributed by atoms with Crippen LogP contribution in [0, 0.1) is 11.8 Å². The third-order valence-electron chi connectivity index (χ3n) is 4.78. The van der Waals surface area contributed by atoms with Crippen molar-refractivity contribution in [3.8, 4) is 17.6 Å². The highest BCUT2D eigenvalue weighted by Crippen LogP contribution is 2.28. The summed E-state index contributed by atoms with van der Waals surface area (Å²) in [6.45, 7) is 0.0224. The molecule has 0 bridgehead atoms. The number of fused-ring (bicyclic) bond motifs is 1. The van der Waals surface area contributed by atoms with Gasteiger partial charge in [0.05, 0.1) is 13.7 Å². The summed E-state index contributed by atoms with van der Waals surface area (Å²) in [4.78, 5) is 49.5. The molecule has 0 radical (unpaired) electrons. The molecule has 0 saturated carbocycles. The number of imide groups is 1. The number of benzene rings is 1. The third kappa shape index (κ3) is 3.22. The van der Waals surface area contributed by atoms with E-state index in [0.29, 0.717) is 11.3 Å². The Morgan fingerprint density at radius 1 is 1.30 bits per heavy atom. The van der Waals surface area contributed by atoms with Crippen molar-refractivity contribution in [1.29, 1.82) is 0 Å². The van der Waals surface area contributed by atoms with Gasteiger partial charge in [0.25, 0.3) is 11.8 Å². The van der Waals surface area contributed by atoms with Crippen LogP contribution in [0.25, 0.3) is 0 Å². The molecule has 10 heteroatoms. The highest BCUT2D eigenvalue weighted by atomic mass is 16.5. The number of hydrogen-bond donors (Lipinski definition) is 3. The number of nitrogens with zero attached hydrogens (tertiary/aromatic N) is 1. The Bertz CT molecular complexity index is 1160. The molecule has 30 heavy (non-hydrogen) atoms. The Kier molecular flexibility index (Phi) is 4.43. The van der Waals surface area contributed by atoms with E-state index in [1.165, 1.54) is 24.1 Å². The van der Waals surface area contributed by atoms with E-state index < -0.39 is 23.4 Å². The van der Waals surface area contributed by atoms with Gasteiger partial charge < -0.3 is 24.5 Å². The number of carbonyl (C=O) groups is 4. The first-order valence-electron chi connectivity index (χ1n) is 8.77. The highest BCUT2D eigenvalue weighted by Gasteiger charge is 2.48. The zero-order chi connectivity index (χ0) is 21.5. The van der Waals surface area contributed by atoms with Gasteiger partial charge in [0.2, 0.25) is 11.3 Å². The lowest BCUT2D eigenvalue weighted by Crippen LogP contribution is -2.54. The fourth-order valence-corrected chi connectivity index (χ4v) is 3.30. The molecular formula is C20H15N3O7. The first kappa shape index (κ1) is 19.1. The summed E-state index contributed by atoms with van der Waals surface area (Å²) >= 11 is 0. The SMILES string of the molecule is COc1ccc2c(c1)C(=O)N(C[C@@]1(C#Cc3ccc(C(=O)O)o3)NC(=O)NC1=O)C2. The van der Waals surface area contributed by atoms with Crippen LogP contribution in [-0.2, 0) is 11.3 Å². The van der Waals surface area contributed by atoms with Gasteiger partial charge in [0, 0.05) is 12.1 Å². The smallest absolute Gasteiger partial charge is 0.371 e. The van der Waals surface area contributed by atoms with Crippen LogP contribution in [0.15, 0.2) is 34.7 Å². The van der Waals surface area contributed by atoms with Crippen LogP contribution in [-0.4, -0.2) is 53.0 Å². The summed E-state index contributed by atoms with van der Waals surface area (Å²) < 4.78 is 10.2. The Hall–Kier alpha value is -4.26. The number of aromatic carboxylic acids is 1. The minimum atomic E-state index is -1.71. The average molecular weight is 409 g/mol. The number of methoxy groups -OCH3 is 1. The van der Waals surface area contributed by atoms with Crippen molar-refractivity contribution in [3.05, 3.63) is 53.0 Å². The van der Waals surface area contributed by atoms with Crippen LogP contribution in [0.5, 0.6) is 5.75 Å². The molecule has 1 aromatic carbocycles. The normalized spacial score (nSPS) is 19.6. The van der Waals surface area contributed by atoms with Crippen molar-refractivity contribution < 1.29 is 33.4 Å². The lowest BCUT2D eigenvalue weighted by Gasteiger charge is -2.26. The molecule has 1 atom stereocenters. The molecule has 2 aliphatic rings. The van der Waals surface area contributed by atoms with Gasteiger partial charge in [-0.05, 0) is 35.7 Å². The van der Waals surface area contributed by atoms with E-state index in [2.05, 4.69) is 22.5 Å². The van der Waals surface area contributed by atoms with E-state index >= 15 is 0 Å². The maximum absolute atomic E-state index is 12.8. The van der Waals surface area contributed by atoms with E-state index in [1.807, 2.05) is 0 Å². The number of urea groups is 1. The second kappa shape index (κ2) is 6.97. The summed E-state index contributed by atoms with van der Waals surface area (Å²) in [7, 11) is 1.49. The van der Waals surface area contributed by atoms with Gasteiger partial charge in [-0.2, -0.15) is 0 Å². The molecule has 3 heterocycles. The Labute approximate surface area is 169 Å². The lowest BCUT2D eigenvalue weighted by atomic mass is 9.99. The van der Waals surface area contributed by atoms with Crippen LogP contribution in [0.1, 0.15) is 32.2 Å². The van der Waals surface area contributed by atoms with Crippen LogP contribution >= 0.6 is 0 Å². The molecule has 4 rings (SSSR count). The van der Waals surface area contributed by atoms with Gasteiger partial charge in [0.1, 0.15) is 5.75 Å². The molecule has 1 saturated heterocycles. The molecule has 0 spiro atoms. The predicted octanol–water partition coefficient (Wildman–Crippen LogP) is 0.572. The van der Waals surface area contributed by atoms with Gasteiger partial charge in [-0.25, -0.2) is 9.59 Å². The predicted molar refractivity (Wildman–Crippen MR) is 99.7 cm³/mol. The van der Waals surface area contributed by atoms with Crippen molar-refractivity contribution in [2.24, 2.45) is 0 Å². The Morgan fingerprint density at radius 2 is 2.10 bits per heavy atom. The summed E-state index contributed by atoms with van der Waals surface area (Å²) in [6, 6.07) is 6.91. The third-order valence-corrected chi connectivity index (χ3v) is 4.78. The molecule has 1 fully saturated rings. The molecule has 152 valence electrons. The van der Waals surface area contributed by atoms with Gasteiger partial charge in [-0.1, -0.05) is 12.0 Å². The summed E-state index contributed by atoms with van der Waals surface area (Å²) in [6.07, 6.45) is 0. The van der Waals surface area contributed by atoms with E-state index in [4.69, 9.17) is 14.3 Å². The zero-order valence-corrected chi connectivity index (χ0v) is 15.6. The quantitative estimate of drug-likeness (QED) is 0.496. The molecule has 2 aromatic rings. The van der Waals surface area contributed by atoms with E-state index in [0.717, 1.165) is 5.56 Å². The minimum Gasteiger partial charge on any atom is -0.497 e. The number of carbonyl (C=O) groups excluding carboxylic acids is 3. The number of furan rings is 1. The maximum Gasteiger partial charge on any atom is 0.371 e. The van der Waals surface area contributed by atoms with Crippen molar-refractivity contribution in [3.63, 3.8) is 0 Å². The van der Waals surface area contributed by atoms with Crippen molar-refractivity contribution >= 4 is 23.8 Å². The summed E-state index contributed by atoms with van der Waals surface area (Å²) in [5.74, 6) is 3.12. The minimum absolute atomic E-state index is 0.00138. The van der Waals surface area contributed by atoms with E-state index in [-0.39, 0.29) is 30.5 Å². The number of amides is 4. The van der Waals surface area contributed by atoms with Crippen LogP contribution in [0.2, 0.25) is 0 Å². The van der Waals surface area contributed by atoms with Gasteiger partial charge in [0.15, 0.2) is 5.76 Å². The fourth-order valence-electron chi connectivity index (χ4n) is 3.30. The molecule has 0 aliphatic carbocycles. The average Bonchev–Trinajstić information content (AvgIpc) is 3.38. The lowest BCUT2D eigenvalue weighted by molar-refractivity contribution is -0.122. The Morgan fingerprint density at radius 3 is 2.73 bits per heavy atom. The van der Waals surface area contributed by atoms with Gasteiger partial charge in [-0.3, -0.25) is 14.9 Å². The first-order valence-corrected chi connectivity index (χ1v) is 8.77. The molecule has 10 nitrogen and oxygen atoms in total. The fraction of sp³-hybridized carbons (Fsp3) is 0.200. The molecular weight excluding hydrogens is 394 g/mol. The van der Waals surface area contributed by atoms with Crippen molar-refractivity contribution in [2.75, 3.05) is 13.7 Å². The molecule has 4 amide bonds. The number of ether oxygens (including phenoxy) is 1. The number of hydrogen-bond acceptors (Lipinski definition) is 6. The van der Waals surface area contributed by atoms with E-state index in [9.17, 15) is 19.2 Å². The molecule has 3 N–H and O–H groups in total. The second-order valence-electron chi connectivity index (χ2n) is 6.72. The number of carboxylic acid groups (broad SMARTS) is 1. The first-order chi connectivity index (χ1) is 14.3. The van der Waals surface area contributed by atoms with Gasteiger partial charge >= 0.3 is 12.0 Å². The highest BCUT2D eigenvalue weighted by molar-refractivity contribution is 6.10. The molecule has 0 unspecified atom stereocenters. The van der Waals surface area contributed by atoms with Crippen LogP contribution in [0.4, 0.5) is 4.79 Å².